The van der Waals surface area contributed by atoms with Gasteiger partial charge in [0.1, 0.15) is 11.8 Å². The van der Waals surface area contributed by atoms with Gasteiger partial charge in [-0.05, 0) is 74.1 Å². The molecule has 0 unspecified atom stereocenters. The maximum atomic E-state index is 13.3. The highest BCUT2D eigenvalue weighted by Crippen LogP contribution is 2.25. The van der Waals surface area contributed by atoms with E-state index < -0.39 is 6.04 Å². The fraction of sp³-hybridized carbons (Fsp3) is 0.440. The van der Waals surface area contributed by atoms with E-state index in [9.17, 15) is 9.59 Å². The van der Waals surface area contributed by atoms with Crippen molar-refractivity contribution in [3.05, 3.63) is 62.6 Å². The van der Waals surface area contributed by atoms with Crippen molar-refractivity contribution in [2.75, 3.05) is 13.2 Å². The molecule has 0 aliphatic carbocycles. The molecule has 0 aliphatic rings. The highest BCUT2D eigenvalue weighted by molar-refractivity contribution is 6.35. The average molecular weight is 479 g/mol. The van der Waals surface area contributed by atoms with Crippen LogP contribution in [0.1, 0.15) is 48.9 Å². The molecule has 2 aromatic carbocycles. The lowest BCUT2D eigenvalue weighted by Gasteiger charge is -2.31. The number of aryl methyl sites for hydroxylation is 2. The molecule has 2 rings (SSSR count). The summed E-state index contributed by atoms with van der Waals surface area (Å²) in [7, 11) is 0. The molecule has 174 valence electrons. The van der Waals surface area contributed by atoms with Crippen LogP contribution in [0.25, 0.3) is 0 Å². The van der Waals surface area contributed by atoms with Crippen LogP contribution >= 0.6 is 23.2 Å². The first-order valence-electron chi connectivity index (χ1n) is 10.9. The van der Waals surface area contributed by atoms with E-state index >= 15 is 0 Å². The van der Waals surface area contributed by atoms with Gasteiger partial charge in [-0.3, -0.25) is 9.59 Å². The average Bonchev–Trinajstić information content (AvgIpc) is 2.74. The summed E-state index contributed by atoms with van der Waals surface area (Å²) in [6.07, 6.45) is 1.28. The van der Waals surface area contributed by atoms with Crippen LogP contribution in [0.4, 0.5) is 0 Å². The molecule has 2 amide bonds. The number of hydrogen-bond donors (Lipinski definition) is 1. The number of nitrogens with zero attached hydrogens (tertiary/aromatic N) is 1. The fourth-order valence-corrected chi connectivity index (χ4v) is 3.96. The SMILES string of the molecule is CCCNC(=O)[C@@H](CC)N(Cc1ccc(Cl)cc1Cl)C(=O)COc1cc(C)cc(C)c1C. The Balaban J connectivity index is 2.29. The van der Waals surface area contributed by atoms with Gasteiger partial charge >= 0.3 is 0 Å². The zero-order chi connectivity index (χ0) is 23.8. The number of halogens is 2. The largest absolute Gasteiger partial charge is 0.483 e. The van der Waals surface area contributed by atoms with E-state index in [0.717, 1.165) is 23.1 Å². The van der Waals surface area contributed by atoms with Crippen molar-refractivity contribution in [2.24, 2.45) is 0 Å². The van der Waals surface area contributed by atoms with Gasteiger partial charge in [0.15, 0.2) is 6.61 Å². The molecule has 7 heteroatoms. The first-order chi connectivity index (χ1) is 15.2. The molecular formula is C25H32Cl2N2O3. The number of nitrogens with one attached hydrogen (secondary N) is 1. The van der Waals surface area contributed by atoms with E-state index in [0.29, 0.717) is 34.3 Å². The highest BCUT2D eigenvalue weighted by atomic mass is 35.5. The number of ether oxygens (including phenoxy) is 1. The smallest absolute Gasteiger partial charge is 0.261 e. The number of amides is 2. The molecule has 2 aromatic rings. The second kappa shape index (κ2) is 12.1. The van der Waals surface area contributed by atoms with Crippen molar-refractivity contribution in [1.82, 2.24) is 10.2 Å². The number of carbonyl (C=O) groups is 2. The summed E-state index contributed by atoms with van der Waals surface area (Å²) in [5.74, 6) is 0.201. The second-order valence-corrected chi connectivity index (χ2v) is 8.81. The molecular weight excluding hydrogens is 447 g/mol. The molecule has 1 atom stereocenters. The van der Waals surface area contributed by atoms with Gasteiger partial charge in [0.2, 0.25) is 5.91 Å². The zero-order valence-corrected chi connectivity index (χ0v) is 20.9. The Bertz CT molecular complexity index is 962. The Morgan fingerprint density at radius 2 is 1.81 bits per heavy atom. The van der Waals surface area contributed by atoms with Gasteiger partial charge in [-0.2, -0.15) is 0 Å². The maximum Gasteiger partial charge on any atom is 0.261 e. The lowest BCUT2D eigenvalue weighted by Crippen LogP contribution is -2.50. The van der Waals surface area contributed by atoms with Crippen LogP contribution in [0, 0.1) is 20.8 Å². The molecule has 0 heterocycles. The van der Waals surface area contributed by atoms with E-state index in [1.54, 1.807) is 18.2 Å². The summed E-state index contributed by atoms with van der Waals surface area (Å²) in [4.78, 5) is 27.7. The van der Waals surface area contributed by atoms with Crippen molar-refractivity contribution < 1.29 is 14.3 Å². The van der Waals surface area contributed by atoms with E-state index in [1.165, 1.54) is 4.90 Å². The quantitative estimate of drug-likeness (QED) is 0.481. The van der Waals surface area contributed by atoms with E-state index in [2.05, 4.69) is 11.4 Å². The van der Waals surface area contributed by atoms with Crippen molar-refractivity contribution in [3.8, 4) is 5.75 Å². The molecule has 1 N–H and O–H groups in total. The van der Waals surface area contributed by atoms with Crippen LogP contribution in [-0.4, -0.2) is 35.9 Å². The van der Waals surface area contributed by atoms with Crippen molar-refractivity contribution >= 4 is 35.0 Å². The number of hydrogen-bond acceptors (Lipinski definition) is 3. The van der Waals surface area contributed by atoms with Crippen molar-refractivity contribution in [2.45, 2.75) is 60.0 Å². The minimum atomic E-state index is -0.635. The minimum absolute atomic E-state index is 0.174. The predicted molar refractivity (Wildman–Crippen MR) is 131 cm³/mol. The summed E-state index contributed by atoms with van der Waals surface area (Å²) in [5, 5.41) is 3.86. The summed E-state index contributed by atoms with van der Waals surface area (Å²) in [6, 6.07) is 8.49. The third-order valence-electron chi connectivity index (χ3n) is 5.41. The fourth-order valence-electron chi connectivity index (χ4n) is 3.49. The molecule has 0 aliphatic heterocycles. The lowest BCUT2D eigenvalue weighted by molar-refractivity contribution is -0.143. The van der Waals surface area contributed by atoms with Crippen LogP contribution in [0.5, 0.6) is 5.75 Å². The Kier molecular flexibility index (Phi) is 9.85. The Morgan fingerprint density at radius 1 is 1.09 bits per heavy atom. The van der Waals surface area contributed by atoms with Crippen LogP contribution in [0.15, 0.2) is 30.3 Å². The maximum absolute atomic E-state index is 13.3. The van der Waals surface area contributed by atoms with Crippen LogP contribution in [0.2, 0.25) is 10.0 Å². The molecule has 0 saturated heterocycles. The minimum Gasteiger partial charge on any atom is -0.483 e. The molecule has 0 bridgehead atoms. The van der Waals surface area contributed by atoms with Crippen LogP contribution in [-0.2, 0) is 16.1 Å². The van der Waals surface area contributed by atoms with Crippen LogP contribution in [0.3, 0.4) is 0 Å². The third-order valence-corrected chi connectivity index (χ3v) is 5.99. The first-order valence-corrected chi connectivity index (χ1v) is 11.6. The topological polar surface area (TPSA) is 58.6 Å². The van der Waals surface area contributed by atoms with Gasteiger partial charge in [0.05, 0.1) is 0 Å². The molecule has 32 heavy (non-hydrogen) atoms. The number of carbonyl (C=O) groups excluding carboxylic acids is 2. The number of rotatable bonds is 10. The van der Waals surface area contributed by atoms with Gasteiger partial charge in [-0.15, -0.1) is 0 Å². The van der Waals surface area contributed by atoms with Gasteiger partial charge in [0, 0.05) is 23.1 Å². The lowest BCUT2D eigenvalue weighted by atomic mass is 10.1. The van der Waals surface area contributed by atoms with Gasteiger partial charge in [0.25, 0.3) is 5.91 Å². The molecule has 0 aromatic heterocycles. The summed E-state index contributed by atoms with van der Waals surface area (Å²) >= 11 is 12.4. The monoisotopic (exact) mass is 478 g/mol. The van der Waals surface area contributed by atoms with E-state index in [1.807, 2.05) is 40.7 Å². The summed E-state index contributed by atoms with van der Waals surface area (Å²) in [5.41, 5.74) is 3.87. The summed E-state index contributed by atoms with van der Waals surface area (Å²) in [6.45, 7) is 10.4. The highest BCUT2D eigenvalue weighted by Gasteiger charge is 2.29. The second-order valence-electron chi connectivity index (χ2n) is 7.97. The Morgan fingerprint density at radius 3 is 2.44 bits per heavy atom. The van der Waals surface area contributed by atoms with E-state index in [-0.39, 0.29) is 25.0 Å². The van der Waals surface area contributed by atoms with Crippen molar-refractivity contribution in [3.63, 3.8) is 0 Å². The van der Waals surface area contributed by atoms with Gasteiger partial charge in [-0.1, -0.05) is 49.2 Å². The molecule has 0 radical (unpaired) electrons. The molecule has 0 fully saturated rings. The molecule has 5 nitrogen and oxygen atoms in total. The predicted octanol–water partition coefficient (Wildman–Crippen LogP) is 5.63. The number of benzene rings is 2. The van der Waals surface area contributed by atoms with Gasteiger partial charge < -0.3 is 15.0 Å². The summed E-state index contributed by atoms with van der Waals surface area (Å²) < 4.78 is 5.91. The standard InChI is InChI=1S/C25H32Cl2N2O3/c1-6-10-28-25(31)22(7-2)29(14-19-8-9-20(26)13-21(19)27)24(30)15-32-23-12-16(3)11-17(4)18(23)5/h8-9,11-13,22H,6-7,10,14-15H2,1-5H3,(H,28,31)/t22-/m1/s1. The zero-order valence-electron chi connectivity index (χ0n) is 19.4. The van der Waals surface area contributed by atoms with Gasteiger partial charge in [-0.25, -0.2) is 0 Å². The van der Waals surface area contributed by atoms with Crippen LogP contribution < -0.4 is 10.1 Å². The normalized spacial score (nSPS) is 11.7. The van der Waals surface area contributed by atoms with E-state index in [4.69, 9.17) is 27.9 Å². The molecule has 0 saturated carbocycles. The Hall–Kier alpha value is -2.24. The molecule has 0 spiro atoms. The Labute approximate surface area is 201 Å². The first kappa shape index (κ1) is 26.0. The van der Waals surface area contributed by atoms with Crippen molar-refractivity contribution in [1.29, 1.82) is 0 Å². The third kappa shape index (κ3) is 6.88.